The summed E-state index contributed by atoms with van der Waals surface area (Å²) in [7, 11) is 0. The van der Waals surface area contributed by atoms with Crippen LogP contribution >= 0.6 is 0 Å². The van der Waals surface area contributed by atoms with Gasteiger partial charge in [-0.15, -0.1) is 0 Å². The predicted octanol–water partition coefficient (Wildman–Crippen LogP) is 6.55. The van der Waals surface area contributed by atoms with Crippen LogP contribution in [0.1, 0.15) is 60.7 Å². The summed E-state index contributed by atoms with van der Waals surface area (Å²) >= 11 is 0. The molecule has 145 valence electrons. The molecule has 1 aromatic heterocycles. The third-order valence-corrected chi connectivity index (χ3v) is 5.23. The van der Waals surface area contributed by atoms with Gasteiger partial charge >= 0.3 is 0 Å². The summed E-state index contributed by atoms with van der Waals surface area (Å²) in [5.74, 6) is 2.70. The van der Waals surface area contributed by atoms with E-state index in [0.29, 0.717) is 0 Å². The molecule has 0 amide bonds. The van der Waals surface area contributed by atoms with Gasteiger partial charge in [-0.25, -0.2) is 15.0 Å². The lowest BCUT2D eigenvalue weighted by Crippen LogP contribution is -2.07. The molecule has 0 fully saturated rings. The zero-order chi connectivity index (χ0) is 20.3. The summed E-state index contributed by atoms with van der Waals surface area (Å²) in [6.45, 7) is 12.8. The molecule has 3 rings (SSSR count). The van der Waals surface area contributed by atoms with Gasteiger partial charge in [-0.1, -0.05) is 61.4 Å². The van der Waals surface area contributed by atoms with Crippen molar-refractivity contribution in [2.24, 2.45) is 0 Å². The minimum atomic E-state index is 0.285. The van der Waals surface area contributed by atoms with E-state index < -0.39 is 0 Å². The van der Waals surface area contributed by atoms with Crippen molar-refractivity contribution in [2.45, 2.75) is 60.3 Å². The Hall–Kier alpha value is -2.55. The van der Waals surface area contributed by atoms with Gasteiger partial charge < -0.3 is 0 Å². The molecule has 1 unspecified atom stereocenters. The number of hydrogen-bond donors (Lipinski definition) is 0. The number of unbranched alkanes of at least 4 members (excludes halogenated alkanes) is 1. The van der Waals surface area contributed by atoms with Gasteiger partial charge in [0.05, 0.1) is 0 Å². The van der Waals surface area contributed by atoms with Crippen LogP contribution in [0.4, 0.5) is 0 Å². The minimum absolute atomic E-state index is 0.285. The fourth-order valence-corrected chi connectivity index (χ4v) is 3.53. The molecule has 3 nitrogen and oxygen atoms in total. The Kier molecular flexibility index (Phi) is 6.23. The van der Waals surface area contributed by atoms with Gasteiger partial charge in [-0.3, -0.25) is 0 Å². The first-order chi connectivity index (χ1) is 13.4. The van der Waals surface area contributed by atoms with Crippen LogP contribution in [0.5, 0.6) is 0 Å². The number of aryl methyl sites for hydroxylation is 4. The average Bonchev–Trinajstić information content (AvgIpc) is 2.65. The van der Waals surface area contributed by atoms with Crippen LogP contribution in [-0.4, -0.2) is 15.0 Å². The maximum atomic E-state index is 4.89. The number of nitrogens with zero attached hydrogens (tertiary/aromatic N) is 3. The van der Waals surface area contributed by atoms with Crippen molar-refractivity contribution in [3.63, 3.8) is 0 Å². The maximum Gasteiger partial charge on any atom is 0.163 e. The lowest BCUT2D eigenvalue weighted by molar-refractivity contribution is 0.631. The van der Waals surface area contributed by atoms with E-state index in [9.17, 15) is 0 Å². The van der Waals surface area contributed by atoms with E-state index in [1.165, 1.54) is 22.3 Å². The summed E-state index contributed by atoms with van der Waals surface area (Å²) in [6.07, 6.45) is 4.30. The Balaban J connectivity index is 2.16. The molecule has 1 radical (unpaired) electrons. The standard InChI is InChI=1S/C25H30N3/c1-7-8-9-18(4)23-26-24(21-12-10-16(2)14-19(21)5)28-25(27-23)22-13-11-17(3)15-20(22)6/h7,10-15,18H,8-9H2,1-6H3. The van der Waals surface area contributed by atoms with Gasteiger partial charge in [0.15, 0.2) is 11.6 Å². The predicted molar refractivity (Wildman–Crippen MR) is 117 cm³/mol. The molecular weight excluding hydrogens is 342 g/mol. The maximum absolute atomic E-state index is 4.89. The molecule has 2 aromatic carbocycles. The lowest BCUT2D eigenvalue weighted by Gasteiger charge is -2.15. The van der Waals surface area contributed by atoms with Crippen molar-refractivity contribution in [1.29, 1.82) is 0 Å². The van der Waals surface area contributed by atoms with Gasteiger partial charge in [-0.05, 0) is 58.1 Å². The third kappa shape index (κ3) is 4.46. The van der Waals surface area contributed by atoms with Crippen LogP contribution in [0, 0.1) is 34.1 Å². The largest absolute Gasteiger partial charge is 0.213 e. The Bertz CT molecular complexity index is 906. The molecule has 1 atom stereocenters. The van der Waals surface area contributed by atoms with Crippen LogP contribution in [0.3, 0.4) is 0 Å². The first kappa shape index (κ1) is 20.2. The molecule has 3 heteroatoms. The van der Waals surface area contributed by atoms with Crippen molar-refractivity contribution in [3.05, 3.63) is 70.9 Å². The second kappa shape index (κ2) is 8.64. The number of aromatic nitrogens is 3. The highest BCUT2D eigenvalue weighted by Crippen LogP contribution is 2.28. The topological polar surface area (TPSA) is 38.7 Å². The molecule has 0 aliphatic rings. The molecule has 0 aliphatic carbocycles. The number of hydrogen-bond acceptors (Lipinski definition) is 3. The van der Waals surface area contributed by atoms with Crippen molar-refractivity contribution >= 4 is 0 Å². The van der Waals surface area contributed by atoms with E-state index in [-0.39, 0.29) is 5.92 Å². The normalized spacial score (nSPS) is 12.2. The highest BCUT2D eigenvalue weighted by Gasteiger charge is 2.17. The van der Waals surface area contributed by atoms with Crippen LogP contribution in [0.2, 0.25) is 0 Å². The fourth-order valence-electron chi connectivity index (χ4n) is 3.53. The summed E-state index contributed by atoms with van der Waals surface area (Å²) in [6, 6.07) is 12.9. The molecule has 0 N–H and O–H groups in total. The van der Waals surface area contributed by atoms with Crippen LogP contribution in [0.25, 0.3) is 22.8 Å². The molecule has 0 saturated carbocycles. The summed E-state index contributed by atoms with van der Waals surface area (Å²) in [5.41, 5.74) is 7.04. The highest BCUT2D eigenvalue weighted by atomic mass is 15.0. The van der Waals surface area contributed by atoms with Crippen LogP contribution in [-0.2, 0) is 0 Å². The zero-order valence-corrected chi connectivity index (χ0v) is 17.9. The van der Waals surface area contributed by atoms with Gasteiger partial charge in [0.2, 0.25) is 0 Å². The van der Waals surface area contributed by atoms with E-state index in [0.717, 1.165) is 41.4 Å². The first-order valence-electron chi connectivity index (χ1n) is 10.1. The van der Waals surface area contributed by atoms with Crippen LogP contribution < -0.4 is 0 Å². The SMILES string of the molecule is C[CH]CCC(C)c1nc(-c2ccc(C)cc2C)nc(-c2ccc(C)cc2C)n1. The minimum Gasteiger partial charge on any atom is -0.213 e. The summed E-state index contributed by atoms with van der Waals surface area (Å²) in [4.78, 5) is 14.7. The van der Waals surface area contributed by atoms with Crippen LogP contribution in [0.15, 0.2) is 36.4 Å². The van der Waals surface area contributed by atoms with E-state index in [1.54, 1.807) is 0 Å². The van der Waals surface area contributed by atoms with E-state index in [2.05, 4.69) is 84.4 Å². The Morgan fingerprint density at radius 3 is 1.71 bits per heavy atom. The Labute approximate surface area is 169 Å². The second-order valence-corrected chi connectivity index (χ2v) is 7.86. The van der Waals surface area contributed by atoms with Crippen molar-refractivity contribution < 1.29 is 0 Å². The van der Waals surface area contributed by atoms with Gasteiger partial charge in [0.25, 0.3) is 0 Å². The third-order valence-electron chi connectivity index (χ3n) is 5.23. The zero-order valence-electron chi connectivity index (χ0n) is 17.9. The Morgan fingerprint density at radius 2 is 1.29 bits per heavy atom. The lowest BCUT2D eigenvalue weighted by atomic mass is 10.0. The van der Waals surface area contributed by atoms with Gasteiger partial charge in [0.1, 0.15) is 5.82 Å². The Morgan fingerprint density at radius 1 is 0.786 bits per heavy atom. The van der Waals surface area contributed by atoms with Gasteiger partial charge in [0, 0.05) is 17.0 Å². The molecule has 3 aromatic rings. The average molecular weight is 373 g/mol. The van der Waals surface area contributed by atoms with Crippen molar-refractivity contribution in [1.82, 2.24) is 15.0 Å². The quantitative estimate of drug-likeness (QED) is 0.492. The first-order valence-corrected chi connectivity index (χ1v) is 10.1. The van der Waals surface area contributed by atoms with E-state index >= 15 is 0 Å². The van der Waals surface area contributed by atoms with Gasteiger partial charge in [-0.2, -0.15) is 0 Å². The summed E-state index contributed by atoms with van der Waals surface area (Å²) in [5, 5.41) is 0. The molecular formula is C25H30N3. The van der Waals surface area contributed by atoms with E-state index in [1.807, 2.05) is 0 Å². The molecule has 0 aliphatic heterocycles. The molecule has 0 spiro atoms. The molecule has 1 heterocycles. The number of benzene rings is 2. The molecule has 28 heavy (non-hydrogen) atoms. The molecule has 0 bridgehead atoms. The smallest absolute Gasteiger partial charge is 0.163 e. The molecule has 0 saturated heterocycles. The highest BCUT2D eigenvalue weighted by molar-refractivity contribution is 5.66. The number of rotatable bonds is 6. The van der Waals surface area contributed by atoms with Crippen molar-refractivity contribution in [3.8, 4) is 22.8 Å². The summed E-state index contributed by atoms with van der Waals surface area (Å²) < 4.78 is 0. The second-order valence-electron chi connectivity index (χ2n) is 7.86. The van der Waals surface area contributed by atoms with Crippen molar-refractivity contribution in [2.75, 3.05) is 0 Å². The fraction of sp³-hybridized carbons (Fsp3) is 0.360. The monoisotopic (exact) mass is 372 g/mol. The van der Waals surface area contributed by atoms with E-state index in [4.69, 9.17) is 15.0 Å².